The van der Waals surface area contributed by atoms with Crippen molar-refractivity contribution >= 4 is 11.9 Å². The normalized spacial score (nSPS) is 35.4. The molecule has 2 aliphatic rings. The lowest BCUT2D eigenvalue weighted by molar-refractivity contribution is -0.141. The lowest BCUT2D eigenvalue weighted by Gasteiger charge is -2.14. The summed E-state index contributed by atoms with van der Waals surface area (Å²) in [7, 11) is 0. The van der Waals surface area contributed by atoms with Crippen LogP contribution in [0.2, 0.25) is 0 Å². The number of rotatable bonds is 3. The number of hydrogen-bond donors (Lipinski definition) is 1. The summed E-state index contributed by atoms with van der Waals surface area (Å²) < 4.78 is 5.14. The van der Waals surface area contributed by atoms with Crippen LogP contribution >= 0.6 is 0 Å². The van der Waals surface area contributed by atoms with E-state index in [0.717, 1.165) is 12.8 Å². The van der Waals surface area contributed by atoms with Gasteiger partial charge < -0.3 is 9.84 Å². The molecule has 0 aromatic rings. The van der Waals surface area contributed by atoms with E-state index in [0.29, 0.717) is 24.7 Å². The second-order valence-corrected chi connectivity index (χ2v) is 4.17. The number of carboxylic acids is 1. The zero-order chi connectivity index (χ0) is 10.1. The van der Waals surface area contributed by atoms with E-state index in [1.807, 2.05) is 0 Å². The first-order valence-corrected chi connectivity index (χ1v) is 5.08. The quantitative estimate of drug-likeness (QED) is 0.692. The van der Waals surface area contributed by atoms with Gasteiger partial charge in [-0.1, -0.05) is 0 Å². The molecule has 2 fully saturated rings. The Bertz CT molecular complexity index is 261. The molecular weight excluding hydrogens is 184 g/mol. The Kier molecular flexibility index (Phi) is 2.44. The van der Waals surface area contributed by atoms with Crippen molar-refractivity contribution < 1.29 is 19.4 Å². The molecule has 1 aliphatic heterocycles. The number of fused-ring (bicyclic) bond motifs is 1. The average Bonchev–Trinajstić information content (AvgIpc) is 2.60. The monoisotopic (exact) mass is 198 g/mol. The Hall–Kier alpha value is -1.06. The van der Waals surface area contributed by atoms with Gasteiger partial charge in [0, 0.05) is 12.3 Å². The van der Waals surface area contributed by atoms with E-state index in [-0.39, 0.29) is 18.5 Å². The van der Waals surface area contributed by atoms with Gasteiger partial charge >= 0.3 is 11.9 Å². The van der Waals surface area contributed by atoms with E-state index >= 15 is 0 Å². The zero-order valence-electron chi connectivity index (χ0n) is 7.94. The first kappa shape index (κ1) is 9.49. The highest BCUT2D eigenvalue weighted by Gasteiger charge is 2.44. The summed E-state index contributed by atoms with van der Waals surface area (Å²) in [6, 6.07) is 0. The van der Waals surface area contributed by atoms with Gasteiger partial charge in [0.2, 0.25) is 0 Å². The summed E-state index contributed by atoms with van der Waals surface area (Å²) in [4.78, 5) is 21.4. The number of esters is 1. The SMILES string of the molecule is O=C(O)CC[C@H]1CC[C@@H]2OC(=O)C[C@H]12. The maximum absolute atomic E-state index is 11.0. The van der Waals surface area contributed by atoms with Crippen molar-refractivity contribution in [1.29, 1.82) is 0 Å². The molecule has 0 amide bonds. The van der Waals surface area contributed by atoms with Crippen molar-refractivity contribution in [3.63, 3.8) is 0 Å². The second kappa shape index (κ2) is 3.59. The van der Waals surface area contributed by atoms with Gasteiger partial charge in [0.25, 0.3) is 0 Å². The molecule has 1 saturated carbocycles. The number of hydrogen-bond acceptors (Lipinski definition) is 3. The average molecular weight is 198 g/mol. The highest BCUT2D eigenvalue weighted by molar-refractivity contribution is 5.72. The van der Waals surface area contributed by atoms with Gasteiger partial charge in [0.05, 0.1) is 6.42 Å². The van der Waals surface area contributed by atoms with E-state index in [9.17, 15) is 9.59 Å². The van der Waals surface area contributed by atoms with Crippen LogP contribution in [0.4, 0.5) is 0 Å². The minimum Gasteiger partial charge on any atom is -0.481 e. The molecule has 2 rings (SSSR count). The number of carboxylic acid groups (broad SMARTS) is 1. The molecule has 3 atom stereocenters. The van der Waals surface area contributed by atoms with Crippen LogP contribution in [0.25, 0.3) is 0 Å². The van der Waals surface area contributed by atoms with Gasteiger partial charge in [0.15, 0.2) is 0 Å². The summed E-state index contributed by atoms with van der Waals surface area (Å²) in [5, 5.41) is 8.57. The van der Waals surface area contributed by atoms with Gasteiger partial charge in [-0.25, -0.2) is 0 Å². The number of ether oxygens (including phenoxy) is 1. The largest absolute Gasteiger partial charge is 0.481 e. The molecule has 1 heterocycles. The molecule has 4 heteroatoms. The molecular formula is C10H14O4. The molecule has 1 saturated heterocycles. The van der Waals surface area contributed by atoms with Crippen molar-refractivity contribution in [3.8, 4) is 0 Å². The number of carbonyl (C=O) groups excluding carboxylic acids is 1. The van der Waals surface area contributed by atoms with Crippen LogP contribution in [0.5, 0.6) is 0 Å². The topological polar surface area (TPSA) is 63.6 Å². The summed E-state index contributed by atoms with van der Waals surface area (Å²) in [6.45, 7) is 0. The Labute approximate surface area is 82.2 Å². The van der Waals surface area contributed by atoms with Crippen LogP contribution in [-0.2, 0) is 14.3 Å². The minimum atomic E-state index is -0.751. The van der Waals surface area contributed by atoms with E-state index in [1.165, 1.54) is 0 Å². The molecule has 1 N–H and O–H groups in total. The van der Waals surface area contributed by atoms with E-state index in [1.54, 1.807) is 0 Å². The third-order valence-electron chi connectivity index (χ3n) is 3.32. The Morgan fingerprint density at radius 1 is 1.50 bits per heavy atom. The van der Waals surface area contributed by atoms with Crippen LogP contribution in [-0.4, -0.2) is 23.1 Å². The van der Waals surface area contributed by atoms with Gasteiger partial charge in [-0.05, 0) is 25.2 Å². The molecule has 14 heavy (non-hydrogen) atoms. The predicted octanol–water partition coefficient (Wildman–Crippen LogP) is 1.19. The van der Waals surface area contributed by atoms with Crippen molar-refractivity contribution in [1.82, 2.24) is 0 Å². The van der Waals surface area contributed by atoms with Crippen molar-refractivity contribution in [3.05, 3.63) is 0 Å². The first-order valence-electron chi connectivity index (χ1n) is 5.08. The molecule has 0 unspecified atom stereocenters. The Balaban J connectivity index is 1.89. The van der Waals surface area contributed by atoms with Crippen molar-refractivity contribution in [2.24, 2.45) is 11.8 Å². The lowest BCUT2D eigenvalue weighted by atomic mass is 9.89. The fraction of sp³-hybridized carbons (Fsp3) is 0.800. The van der Waals surface area contributed by atoms with Crippen LogP contribution < -0.4 is 0 Å². The fourth-order valence-electron chi connectivity index (χ4n) is 2.63. The molecule has 0 bridgehead atoms. The fourth-order valence-corrected chi connectivity index (χ4v) is 2.63. The summed E-state index contributed by atoms with van der Waals surface area (Å²) in [5.74, 6) is -0.192. The number of carbonyl (C=O) groups is 2. The predicted molar refractivity (Wildman–Crippen MR) is 47.6 cm³/mol. The molecule has 1 aliphatic carbocycles. The summed E-state index contributed by atoms with van der Waals surface area (Å²) in [6.07, 6.45) is 3.40. The lowest BCUT2D eigenvalue weighted by Crippen LogP contribution is -2.14. The molecule has 0 spiro atoms. The highest BCUT2D eigenvalue weighted by Crippen LogP contribution is 2.42. The van der Waals surface area contributed by atoms with E-state index in [4.69, 9.17) is 9.84 Å². The van der Waals surface area contributed by atoms with Crippen LogP contribution in [0.15, 0.2) is 0 Å². The van der Waals surface area contributed by atoms with Crippen LogP contribution in [0.1, 0.15) is 32.1 Å². The first-order chi connectivity index (χ1) is 6.66. The molecule has 4 nitrogen and oxygen atoms in total. The molecule has 0 radical (unpaired) electrons. The van der Waals surface area contributed by atoms with Gasteiger partial charge in [-0.2, -0.15) is 0 Å². The molecule has 78 valence electrons. The van der Waals surface area contributed by atoms with Crippen molar-refractivity contribution in [2.75, 3.05) is 0 Å². The van der Waals surface area contributed by atoms with Crippen molar-refractivity contribution in [2.45, 2.75) is 38.2 Å². The Morgan fingerprint density at radius 2 is 2.29 bits per heavy atom. The maximum Gasteiger partial charge on any atom is 0.306 e. The minimum absolute atomic E-state index is 0.0845. The van der Waals surface area contributed by atoms with Gasteiger partial charge in [0.1, 0.15) is 6.10 Å². The third-order valence-corrected chi connectivity index (χ3v) is 3.32. The zero-order valence-corrected chi connectivity index (χ0v) is 7.94. The summed E-state index contributed by atoms with van der Waals surface area (Å²) >= 11 is 0. The second-order valence-electron chi connectivity index (χ2n) is 4.17. The molecule has 0 aromatic carbocycles. The Morgan fingerprint density at radius 3 is 3.00 bits per heavy atom. The number of aliphatic carboxylic acids is 1. The maximum atomic E-state index is 11.0. The van der Waals surface area contributed by atoms with Gasteiger partial charge in [-0.3, -0.25) is 9.59 Å². The molecule has 0 aromatic heterocycles. The van der Waals surface area contributed by atoms with Crippen LogP contribution in [0.3, 0.4) is 0 Å². The third kappa shape index (κ3) is 1.74. The van der Waals surface area contributed by atoms with Gasteiger partial charge in [-0.15, -0.1) is 0 Å². The smallest absolute Gasteiger partial charge is 0.306 e. The summed E-state index contributed by atoms with van der Waals surface area (Å²) in [5.41, 5.74) is 0. The van der Waals surface area contributed by atoms with E-state index < -0.39 is 5.97 Å². The van der Waals surface area contributed by atoms with Crippen LogP contribution in [0, 0.1) is 11.8 Å². The highest BCUT2D eigenvalue weighted by atomic mass is 16.6. The standard InChI is InChI=1S/C10H14O4/c11-9(12)4-2-6-1-3-8-7(6)5-10(13)14-8/h6-8H,1-5H2,(H,11,12)/t6-,7-,8+/m1/s1. The van der Waals surface area contributed by atoms with E-state index in [2.05, 4.69) is 0 Å².